The number of nitrogens with one attached hydrogen (secondary N) is 2. The summed E-state index contributed by atoms with van der Waals surface area (Å²) in [5.41, 5.74) is 1.69. The fourth-order valence-electron chi connectivity index (χ4n) is 1.08. The maximum atomic E-state index is 12.5. The number of halogens is 4. The lowest BCUT2D eigenvalue weighted by Gasteiger charge is -2.13. The molecule has 0 spiro atoms. The largest absolute Gasteiger partial charge is 0.416 e. The number of hydrogen-bond acceptors (Lipinski definition) is 2. The molecule has 0 unspecified atom stereocenters. The summed E-state index contributed by atoms with van der Waals surface area (Å²) in [5.74, 6) is 5.28. The smallest absolute Gasteiger partial charge is 0.324 e. The molecule has 8 heteroatoms. The van der Waals surface area contributed by atoms with E-state index in [4.69, 9.17) is 5.84 Å². The molecule has 17 heavy (non-hydrogen) atoms. The molecule has 0 saturated carbocycles. The van der Waals surface area contributed by atoms with E-state index in [1.165, 1.54) is 13.1 Å². The number of nitrogens with zero attached hydrogens (tertiary/aromatic N) is 1. The molecule has 0 bridgehead atoms. The van der Waals surface area contributed by atoms with E-state index in [1.54, 1.807) is 0 Å². The first kappa shape index (κ1) is 13.8. The van der Waals surface area contributed by atoms with E-state index in [2.05, 4.69) is 31.7 Å². The van der Waals surface area contributed by atoms with Gasteiger partial charge in [0.25, 0.3) is 0 Å². The topological polar surface area (TPSA) is 62.4 Å². The van der Waals surface area contributed by atoms with Crippen molar-refractivity contribution in [1.82, 2.24) is 5.43 Å². The minimum absolute atomic E-state index is 0.157. The molecule has 0 radical (unpaired) electrons. The number of hydrazine groups is 1. The number of rotatable bonds is 1. The van der Waals surface area contributed by atoms with Gasteiger partial charge in [0.1, 0.15) is 0 Å². The third-order valence-electron chi connectivity index (χ3n) is 1.91. The second-order valence-electron chi connectivity index (χ2n) is 3.03. The van der Waals surface area contributed by atoms with E-state index in [9.17, 15) is 13.2 Å². The Kier molecular flexibility index (Phi) is 4.35. The zero-order valence-corrected chi connectivity index (χ0v) is 10.4. The summed E-state index contributed by atoms with van der Waals surface area (Å²) in [5, 5.41) is 2.63. The van der Waals surface area contributed by atoms with Crippen molar-refractivity contribution in [3.05, 3.63) is 28.2 Å². The lowest BCUT2D eigenvalue weighted by molar-refractivity contribution is -0.137. The number of nitrogens with two attached hydrogens (primary N) is 1. The van der Waals surface area contributed by atoms with Crippen LogP contribution in [0.3, 0.4) is 0 Å². The summed E-state index contributed by atoms with van der Waals surface area (Å²) in [6.45, 7) is 0. The minimum Gasteiger partial charge on any atom is -0.324 e. The van der Waals surface area contributed by atoms with E-state index in [0.29, 0.717) is 4.47 Å². The SMILES string of the molecule is CN=C(NN)Nc1cc(C(F)(F)F)ccc1Br. The summed E-state index contributed by atoms with van der Waals surface area (Å²) in [6.07, 6.45) is -4.39. The van der Waals surface area contributed by atoms with Crippen LogP contribution in [0.15, 0.2) is 27.7 Å². The van der Waals surface area contributed by atoms with Crippen molar-refractivity contribution < 1.29 is 13.2 Å². The van der Waals surface area contributed by atoms with Crippen LogP contribution in [0.2, 0.25) is 0 Å². The highest BCUT2D eigenvalue weighted by Crippen LogP contribution is 2.33. The van der Waals surface area contributed by atoms with Gasteiger partial charge in [0.2, 0.25) is 5.96 Å². The molecular weight excluding hydrogens is 301 g/mol. The summed E-state index contributed by atoms with van der Waals surface area (Å²) < 4.78 is 37.9. The normalized spacial score (nSPS) is 12.5. The van der Waals surface area contributed by atoms with Crippen molar-refractivity contribution in [3.63, 3.8) is 0 Å². The first-order valence-corrected chi connectivity index (χ1v) is 5.25. The van der Waals surface area contributed by atoms with Crippen molar-refractivity contribution >= 4 is 27.6 Å². The maximum Gasteiger partial charge on any atom is 0.416 e. The molecule has 94 valence electrons. The first-order chi connectivity index (χ1) is 7.88. The van der Waals surface area contributed by atoms with Crippen LogP contribution < -0.4 is 16.6 Å². The van der Waals surface area contributed by atoms with Gasteiger partial charge in [-0.3, -0.25) is 10.4 Å². The number of alkyl halides is 3. The zero-order valence-electron chi connectivity index (χ0n) is 8.77. The second kappa shape index (κ2) is 5.37. The van der Waals surface area contributed by atoms with Crippen molar-refractivity contribution in [1.29, 1.82) is 0 Å². The Bertz CT molecular complexity index is 431. The van der Waals surface area contributed by atoms with E-state index >= 15 is 0 Å². The van der Waals surface area contributed by atoms with Gasteiger partial charge in [0.15, 0.2) is 0 Å². The van der Waals surface area contributed by atoms with Gasteiger partial charge < -0.3 is 5.32 Å². The van der Waals surface area contributed by atoms with Crippen molar-refractivity contribution in [2.24, 2.45) is 10.8 Å². The van der Waals surface area contributed by atoms with Crippen LogP contribution in [0, 0.1) is 0 Å². The fraction of sp³-hybridized carbons (Fsp3) is 0.222. The molecule has 0 aliphatic rings. The van der Waals surface area contributed by atoms with Crippen molar-refractivity contribution in [2.45, 2.75) is 6.18 Å². The third kappa shape index (κ3) is 3.60. The highest BCUT2D eigenvalue weighted by atomic mass is 79.9. The predicted octanol–water partition coefficient (Wildman–Crippen LogP) is 2.33. The summed E-state index contributed by atoms with van der Waals surface area (Å²) in [6, 6.07) is 3.25. The van der Waals surface area contributed by atoms with Crippen molar-refractivity contribution in [3.8, 4) is 0 Å². The Morgan fingerprint density at radius 3 is 2.53 bits per heavy atom. The molecule has 0 saturated heterocycles. The highest BCUT2D eigenvalue weighted by molar-refractivity contribution is 9.10. The Balaban J connectivity index is 3.07. The summed E-state index contributed by atoms with van der Waals surface area (Å²) >= 11 is 3.13. The van der Waals surface area contributed by atoms with Crippen LogP contribution in [0.25, 0.3) is 0 Å². The van der Waals surface area contributed by atoms with Crippen LogP contribution in [0.1, 0.15) is 5.56 Å². The number of aliphatic imine (C=N–C) groups is 1. The lowest BCUT2D eigenvalue weighted by atomic mass is 10.2. The molecule has 0 aromatic heterocycles. The number of benzene rings is 1. The molecular formula is C9H10BrF3N4. The van der Waals surface area contributed by atoms with Gasteiger partial charge in [-0.15, -0.1) is 0 Å². The molecule has 1 aromatic rings. The Labute approximate surface area is 104 Å². The standard InChI is InChI=1S/C9H10BrF3N4/c1-15-8(17-14)16-7-4-5(9(11,12)13)2-3-6(7)10/h2-4H,14H2,1H3,(H2,15,16,17). The van der Waals surface area contributed by atoms with Crippen LogP contribution in [-0.2, 0) is 6.18 Å². The van der Waals surface area contributed by atoms with Crippen LogP contribution in [0.4, 0.5) is 18.9 Å². The van der Waals surface area contributed by atoms with E-state index in [0.717, 1.165) is 12.1 Å². The Morgan fingerprint density at radius 1 is 1.41 bits per heavy atom. The average Bonchev–Trinajstić information content (AvgIpc) is 2.26. The maximum absolute atomic E-state index is 12.5. The number of guanidine groups is 1. The highest BCUT2D eigenvalue weighted by Gasteiger charge is 2.30. The quantitative estimate of drug-likeness (QED) is 0.323. The molecule has 4 nitrogen and oxygen atoms in total. The summed E-state index contributed by atoms with van der Waals surface area (Å²) in [7, 11) is 1.45. The molecule has 4 N–H and O–H groups in total. The molecule has 0 aliphatic heterocycles. The van der Waals surface area contributed by atoms with Gasteiger partial charge in [-0.2, -0.15) is 13.2 Å². The van der Waals surface area contributed by atoms with Crippen LogP contribution >= 0.6 is 15.9 Å². The number of hydrogen-bond donors (Lipinski definition) is 3. The monoisotopic (exact) mass is 310 g/mol. The molecule has 1 aromatic carbocycles. The van der Waals surface area contributed by atoms with Gasteiger partial charge in [0.05, 0.1) is 11.3 Å². The minimum atomic E-state index is -4.39. The molecule has 1 rings (SSSR count). The first-order valence-electron chi connectivity index (χ1n) is 4.45. The Hall–Kier alpha value is -1.28. The number of anilines is 1. The molecule has 0 fully saturated rings. The predicted molar refractivity (Wildman–Crippen MR) is 63.4 cm³/mol. The molecule has 0 heterocycles. The van der Waals surface area contributed by atoms with Gasteiger partial charge in [-0.1, -0.05) is 0 Å². The van der Waals surface area contributed by atoms with Crippen LogP contribution in [0.5, 0.6) is 0 Å². The molecule has 0 aliphatic carbocycles. The Morgan fingerprint density at radius 2 is 2.06 bits per heavy atom. The third-order valence-corrected chi connectivity index (χ3v) is 2.60. The van der Waals surface area contributed by atoms with Gasteiger partial charge in [-0.25, -0.2) is 5.84 Å². The van der Waals surface area contributed by atoms with E-state index in [-0.39, 0.29) is 11.6 Å². The fourth-order valence-corrected chi connectivity index (χ4v) is 1.43. The van der Waals surface area contributed by atoms with Gasteiger partial charge in [-0.05, 0) is 34.1 Å². The van der Waals surface area contributed by atoms with Gasteiger partial charge in [0, 0.05) is 11.5 Å². The second-order valence-corrected chi connectivity index (χ2v) is 3.89. The van der Waals surface area contributed by atoms with Gasteiger partial charge >= 0.3 is 6.18 Å². The van der Waals surface area contributed by atoms with Crippen molar-refractivity contribution in [2.75, 3.05) is 12.4 Å². The van der Waals surface area contributed by atoms with E-state index < -0.39 is 11.7 Å². The molecule has 0 amide bonds. The van der Waals surface area contributed by atoms with E-state index in [1.807, 2.05) is 0 Å². The van der Waals surface area contributed by atoms with Crippen LogP contribution in [-0.4, -0.2) is 13.0 Å². The lowest BCUT2D eigenvalue weighted by Crippen LogP contribution is -2.36. The average molecular weight is 311 g/mol. The molecule has 0 atom stereocenters. The summed E-state index contributed by atoms with van der Waals surface area (Å²) in [4.78, 5) is 3.70. The zero-order chi connectivity index (χ0) is 13.1.